The highest BCUT2D eigenvalue weighted by molar-refractivity contribution is 7.89. The van der Waals surface area contributed by atoms with E-state index in [0.717, 1.165) is 6.42 Å². The van der Waals surface area contributed by atoms with Crippen molar-refractivity contribution in [3.8, 4) is 0 Å². The van der Waals surface area contributed by atoms with Crippen molar-refractivity contribution < 1.29 is 13.2 Å². The van der Waals surface area contributed by atoms with Gasteiger partial charge in [-0.15, -0.1) is 11.3 Å². The fourth-order valence-corrected chi connectivity index (χ4v) is 4.19. The highest BCUT2D eigenvalue weighted by atomic mass is 32.2. The monoisotopic (exact) mass is 331 g/mol. The highest BCUT2D eigenvalue weighted by Crippen LogP contribution is 2.18. The van der Waals surface area contributed by atoms with Crippen LogP contribution < -0.4 is 10.5 Å². The van der Waals surface area contributed by atoms with Crippen molar-refractivity contribution >= 4 is 27.4 Å². The predicted octanol–water partition coefficient (Wildman–Crippen LogP) is 1.00. The lowest BCUT2D eigenvalue weighted by molar-refractivity contribution is 0.174. The summed E-state index contributed by atoms with van der Waals surface area (Å²) in [6, 6.07) is 3.98. The molecule has 1 saturated heterocycles. The van der Waals surface area contributed by atoms with Gasteiger partial charge in [-0.1, -0.05) is 6.07 Å². The minimum absolute atomic E-state index is 0.0147. The maximum Gasteiger partial charge on any atom is 0.317 e. The molecule has 8 heteroatoms. The first-order chi connectivity index (χ1) is 9.94. The maximum absolute atomic E-state index is 12.0. The highest BCUT2D eigenvalue weighted by Gasteiger charge is 2.25. The van der Waals surface area contributed by atoms with Crippen LogP contribution in [0.25, 0.3) is 0 Å². The fourth-order valence-electron chi connectivity index (χ4n) is 2.49. The van der Waals surface area contributed by atoms with Crippen LogP contribution in [0.3, 0.4) is 0 Å². The molecule has 0 unspecified atom stereocenters. The Labute approximate surface area is 129 Å². The van der Waals surface area contributed by atoms with Gasteiger partial charge >= 0.3 is 6.03 Å². The standard InChI is InChI=1S/C13H21N3O3S2/c14-21(18,19)10-11-4-7-16(8-5-11)13(17)15-6-3-12-2-1-9-20-12/h1-2,9,11H,3-8,10H2,(H,15,17)(H2,14,18,19). The lowest BCUT2D eigenvalue weighted by Crippen LogP contribution is -2.45. The van der Waals surface area contributed by atoms with Gasteiger partial charge in [0.1, 0.15) is 0 Å². The van der Waals surface area contributed by atoms with Crippen LogP contribution in [0.2, 0.25) is 0 Å². The Kier molecular flexibility index (Phi) is 5.60. The number of hydrogen-bond donors (Lipinski definition) is 2. The van der Waals surface area contributed by atoms with Crippen molar-refractivity contribution in [2.24, 2.45) is 11.1 Å². The molecule has 2 rings (SSSR count). The zero-order valence-corrected chi connectivity index (χ0v) is 13.5. The molecule has 2 heterocycles. The molecule has 2 amide bonds. The van der Waals surface area contributed by atoms with Gasteiger partial charge in [0.2, 0.25) is 10.0 Å². The zero-order chi connectivity index (χ0) is 15.3. The van der Waals surface area contributed by atoms with E-state index >= 15 is 0 Å². The van der Waals surface area contributed by atoms with Crippen molar-refractivity contribution in [3.05, 3.63) is 22.4 Å². The average Bonchev–Trinajstić information content (AvgIpc) is 2.91. The van der Waals surface area contributed by atoms with E-state index in [1.807, 2.05) is 11.4 Å². The van der Waals surface area contributed by atoms with E-state index in [9.17, 15) is 13.2 Å². The second-order valence-electron chi connectivity index (χ2n) is 5.32. The third kappa shape index (κ3) is 5.64. The average molecular weight is 331 g/mol. The summed E-state index contributed by atoms with van der Waals surface area (Å²) < 4.78 is 22.1. The molecule has 3 N–H and O–H groups in total. The first-order valence-corrected chi connectivity index (χ1v) is 9.59. The number of hydrogen-bond acceptors (Lipinski definition) is 4. The minimum Gasteiger partial charge on any atom is -0.338 e. The molecule has 1 aromatic rings. The van der Waals surface area contributed by atoms with Crippen LogP contribution in [0.1, 0.15) is 17.7 Å². The molecule has 0 saturated carbocycles. The first-order valence-electron chi connectivity index (χ1n) is 6.99. The Morgan fingerprint density at radius 1 is 1.43 bits per heavy atom. The van der Waals surface area contributed by atoms with E-state index in [-0.39, 0.29) is 17.7 Å². The van der Waals surface area contributed by atoms with Crippen molar-refractivity contribution in [3.63, 3.8) is 0 Å². The molecule has 1 aliphatic heterocycles. The summed E-state index contributed by atoms with van der Waals surface area (Å²) in [5, 5.41) is 9.98. The van der Waals surface area contributed by atoms with E-state index in [1.54, 1.807) is 16.2 Å². The van der Waals surface area contributed by atoms with Crippen LogP contribution in [0.4, 0.5) is 4.79 Å². The van der Waals surface area contributed by atoms with Crippen molar-refractivity contribution in [1.82, 2.24) is 10.2 Å². The molecule has 0 atom stereocenters. The molecule has 1 fully saturated rings. The first kappa shape index (κ1) is 16.3. The second-order valence-corrected chi connectivity index (χ2v) is 8.01. The van der Waals surface area contributed by atoms with Gasteiger partial charge in [0.25, 0.3) is 0 Å². The number of amides is 2. The van der Waals surface area contributed by atoms with Gasteiger partial charge in [0, 0.05) is 24.5 Å². The summed E-state index contributed by atoms with van der Waals surface area (Å²) in [6.07, 6.45) is 2.22. The quantitative estimate of drug-likeness (QED) is 0.843. The number of nitrogens with one attached hydrogen (secondary N) is 1. The summed E-state index contributed by atoms with van der Waals surface area (Å²) in [5.41, 5.74) is 0. The van der Waals surface area contributed by atoms with Gasteiger partial charge in [0.15, 0.2) is 0 Å². The van der Waals surface area contributed by atoms with E-state index < -0.39 is 10.0 Å². The molecule has 0 radical (unpaired) electrons. The number of primary sulfonamides is 1. The number of rotatable bonds is 5. The van der Waals surface area contributed by atoms with Crippen molar-refractivity contribution in [2.45, 2.75) is 19.3 Å². The van der Waals surface area contributed by atoms with Crippen LogP contribution in [0, 0.1) is 5.92 Å². The molecule has 0 bridgehead atoms. The largest absolute Gasteiger partial charge is 0.338 e. The molecule has 0 spiro atoms. The van der Waals surface area contributed by atoms with Crippen LogP contribution in [-0.4, -0.2) is 44.7 Å². The summed E-state index contributed by atoms with van der Waals surface area (Å²) in [5.74, 6) is 0.0797. The number of nitrogens with two attached hydrogens (primary N) is 1. The Hall–Kier alpha value is -1.12. The van der Waals surface area contributed by atoms with E-state index in [2.05, 4.69) is 11.4 Å². The summed E-state index contributed by atoms with van der Waals surface area (Å²) >= 11 is 1.68. The number of carbonyl (C=O) groups is 1. The number of nitrogens with zero attached hydrogens (tertiary/aromatic N) is 1. The smallest absolute Gasteiger partial charge is 0.317 e. The molecule has 0 aliphatic carbocycles. The normalized spacial score (nSPS) is 16.9. The molecular formula is C13H21N3O3S2. The predicted molar refractivity (Wildman–Crippen MR) is 83.7 cm³/mol. The Bertz CT molecular complexity index is 549. The number of piperidine rings is 1. The summed E-state index contributed by atoms with van der Waals surface area (Å²) in [4.78, 5) is 15.0. The Morgan fingerprint density at radius 2 is 2.14 bits per heavy atom. The van der Waals surface area contributed by atoms with Crippen molar-refractivity contribution in [2.75, 3.05) is 25.4 Å². The maximum atomic E-state index is 12.0. The van der Waals surface area contributed by atoms with Crippen LogP contribution in [-0.2, 0) is 16.4 Å². The third-order valence-corrected chi connectivity index (χ3v) is 5.47. The van der Waals surface area contributed by atoms with Crippen LogP contribution in [0.5, 0.6) is 0 Å². The van der Waals surface area contributed by atoms with Crippen LogP contribution >= 0.6 is 11.3 Å². The van der Waals surface area contributed by atoms with Gasteiger partial charge in [-0.2, -0.15) is 0 Å². The molecule has 6 nitrogen and oxygen atoms in total. The topological polar surface area (TPSA) is 92.5 Å². The van der Waals surface area contributed by atoms with E-state index in [1.165, 1.54) is 4.88 Å². The van der Waals surface area contributed by atoms with Gasteiger partial charge < -0.3 is 10.2 Å². The summed E-state index contributed by atoms with van der Waals surface area (Å²) in [6.45, 7) is 1.80. The molecule has 0 aromatic carbocycles. The number of sulfonamides is 1. The molecule has 21 heavy (non-hydrogen) atoms. The number of urea groups is 1. The Morgan fingerprint density at radius 3 is 2.71 bits per heavy atom. The molecule has 1 aromatic heterocycles. The van der Waals surface area contributed by atoms with E-state index in [4.69, 9.17) is 5.14 Å². The van der Waals surface area contributed by atoms with Gasteiger partial charge in [0.05, 0.1) is 5.75 Å². The van der Waals surface area contributed by atoms with Crippen molar-refractivity contribution in [1.29, 1.82) is 0 Å². The third-order valence-electron chi connectivity index (χ3n) is 3.60. The fraction of sp³-hybridized carbons (Fsp3) is 0.615. The molecular weight excluding hydrogens is 310 g/mol. The van der Waals surface area contributed by atoms with Gasteiger partial charge in [-0.25, -0.2) is 18.4 Å². The SMILES string of the molecule is NS(=O)(=O)CC1CCN(C(=O)NCCc2cccs2)CC1. The number of carbonyl (C=O) groups excluding carboxylic acids is 1. The summed E-state index contributed by atoms with van der Waals surface area (Å²) in [7, 11) is -3.42. The lowest BCUT2D eigenvalue weighted by Gasteiger charge is -2.31. The minimum atomic E-state index is -3.42. The second kappa shape index (κ2) is 7.24. The molecule has 1 aliphatic rings. The van der Waals surface area contributed by atoms with E-state index in [0.29, 0.717) is 32.5 Å². The van der Waals surface area contributed by atoms with Crippen LogP contribution in [0.15, 0.2) is 17.5 Å². The van der Waals surface area contributed by atoms with Gasteiger partial charge in [-0.3, -0.25) is 0 Å². The number of likely N-dealkylation sites (tertiary alicyclic amines) is 1. The van der Waals surface area contributed by atoms with Gasteiger partial charge in [-0.05, 0) is 36.6 Å². The molecule has 118 valence electrons. The Balaban J connectivity index is 1.68. The number of thiophene rings is 1. The zero-order valence-electron chi connectivity index (χ0n) is 11.8. The lowest BCUT2D eigenvalue weighted by atomic mass is 9.99.